The van der Waals surface area contributed by atoms with E-state index < -0.39 is 5.91 Å². The molecule has 1 unspecified atom stereocenters. The Morgan fingerprint density at radius 2 is 2.21 bits per heavy atom. The number of nitrogens with one attached hydrogen (secondary N) is 1. The lowest BCUT2D eigenvalue weighted by Crippen LogP contribution is -2.33. The highest BCUT2D eigenvalue weighted by molar-refractivity contribution is 5.93. The van der Waals surface area contributed by atoms with E-state index in [1.807, 2.05) is 4.90 Å². The number of likely N-dealkylation sites (tertiary alicyclic amines) is 1. The Morgan fingerprint density at radius 1 is 1.42 bits per heavy atom. The van der Waals surface area contributed by atoms with Gasteiger partial charge in [-0.3, -0.25) is 14.5 Å². The predicted molar refractivity (Wildman–Crippen MR) is 83.1 cm³/mol. The number of hydrogen-bond acceptors (Lipinski definition) is 7. The number of amides is 2. The lowest BCUT2D eigenvalue weighted by molar-refractivity contribution is -0.117. The Balaban J connectivity index is 1.66. The van der Waals surface area contributed by atoms with Crippen LogP contribution in [0.3, 0.4) is 0 Å². The van der Waals surface area contributed by atoms with Crippen molar-refractivity contribution in [2.45, 2.75) is 18.9 Å². The molecule has 9 nitrogen and oxygen atoms in total. The van der Waals surface area contributed by atoms with Crippen LogP contribution in [0, 0.1) is 0 Å². The number of primary amides is 1. The smallest absolute Gasteiger partial charge is 0.290 e. The van der Waals surface area contributed by atoms with Gasteiger partial charge in [0.05, 0.1) is 18.3 Å². The molecule has 1 fully saturated rings. The van der Waals surface area contributed by atoms with Crippen LogP contribution in [0.25, 0.3) is 0 Å². The first-order valence-corrected chi connectivity index (χ1v) is 7.50. The van der Waals surface area contributed by atoms with Gasteiger partial charge in [0.1, 0.15) is 5.75 Å². The van der Waals surface area contributed by atoms with Gasteiger partial charge in [0, 0.05) is 0 Å². The fourth-order valence-electron chi connectivity index (χ4n) is 2.72. The van der Waals surface area contributed by atoms with E-state index in [0.29, 0.717) is 12.2 Å². The normalized spacial score (nSPS) is 17.8. The number of anilines is 1. The average Bonchev–Trinajstić information content (AvgIpc) is 3.18. The molecule has 2 heterocycles. The van der Waals surface area contributed by atoms with Crippen molar-refractivity contribution >= 4 is 17.5 Å². The summed E-state index contributed by atoms with van der Waals surface area (Å²) in [7, 11) is 0. The van der Waals surface area contributed by atoms with Gasteiger partial charge >= 0.3 is 0 Å². The fourth-order valence-corrected chi connectivity index (χ4v) is 2.72. The summed E-state index contributed by atoms with van der Waals surface area (Å²) in [4.78, 5) is 29.1. The zero-order valence-corrected chi connectivity index (χ0v) is 12.8. The third-order valence-corrected chi connectivity index (χ3v) is 3.84. The van der Waals surface area contributed by atoms with Crippen LogP contribution >= 0.6 is 0 Å². The molecular formula is C15H17N5O4. The Labute approximate surface area is 137 Å². The van der Waals surface area contributed by atoms with Crippen molar-refractivity contribution in [2.24, 2.45) is 5.73 Å². The third-order valence-electron chi connectivity index (χ3n) is 3.84. The van der Waals surface area contributed by atoms with E-state index in [-0.39, 0.29) is 36.0 Å². The topological polar surface area (TPSA) is 135 Å². The molecule has 0 aliphatic carbocycles. The molecule has 1 aromatic heterocycles. The molecule has 1 aliphatic heterocycles. The van der Waals surface area contributed by atoms with Gasteiger partial charge in [-0.1, -0.05) is 17.3 Å². The maximum absolute atomic E-state index is 12.2. The largest absolute Gasteiger partial charge is 0.506 e. The molecule has 1 atom stereocenters. The first kappa shape index (κ1) is 15.9. The molecule has 1 saturated heterocycles. The summed E-state index contributed by atoms with van der Waals surface area (Å²) < 4.78 is 5.08. The number of benzene rings is 1. The second-order valence-corrected chi connectivity index (χ2v) is 5.51. The van der Waals surface area contributed by atoms with Gasteiger partial charge in [0.2, 0.25) is 11.8 Å². The molecule has 1 aromatic carbocycles. The highest BCUT2D eigenvalue weighted by Crippen LogP contribution is 2.30. The molecule has 1 aliphatic rings. The van der Waals surface area contributed by atoms with Gasteiger partial charge in [0.25, 0.3) is 11.7 Å². The molecule has 0 saturated carbocycles. The maximum atomic E-state index is 12.2. The molecule has 0 bridgehead atoms. The second kappa shape index (κ2) is 6.67. The zero-order valence-electron chi connectivity index (χ0n) is 12.8. The first-order chi connectivity index (χ1) is 11.5. The lowest BCUT2D eigenvalue weighted by atomic mass is 10.2. The van der Waals surface area contributed by atoms with E-state index in [9.17, 15) is 14.7 Å². The summed E-state index contributed by atoms with van der Waals surface area (Å²) in [6, 6.07) is 6.27. The van der Waals surface area contributed by atoms with Crippen molar-refractivity contribution in [3.8, 4) is 5.75 Å². The summed E-state index contributed by atoms with van der Waals surface area (Å²) in [6.45, 7) is 0.792. The van der Waals surface area contributed by atoms with Crippen molar-refractivity contribution < 1.29 is 19.2 Å². The number of aromatic hydroxyl groups is 1. The molecule has 24 heavy (non-hydrogen) atoms. The summed E-state index contributed by atoms with van der Waals surface area (Å²) in [5.74, 6) is -0.913. The number of nitrogens with two attached hydrogens (primary N) is 1. The fraction of sp³-hybridized carbons (Fsp3) is 0.333. The molecule has 9 heteroatoms. The van der Waals surface area contributed by atoms with Crippen LogP contribution in [0.4, 0.5) is 5.69 Å². The molecule has 2 aromatic rings. The standard InChI is InChI=1S/C15H17N5O4/c16-13(23)14-18-15(24-19-14)10-5-3-7-20(10)8-12(22)17-9-4-1-2-6-11(9)21/h1-2,4,6,10,21H,3,5,7-8H2,(H2,16,23)(H,17,22). The minimum atomic E-state index is -0.758. The predicted octanol–water partition coefficient (Wildman–Crippen LogP) is 0.650. The number of rotatable bonds is 5. The number of phenolic OH excluding ortho intramolecular Hbond substituents is 1. The molecule has 4 N–H and O–H groups in total. The van der Waals surface area contributed by atoms with E-state index in [2.05, 4.69) is 15.5 Å². The van der Waals surface area contributed by atoms with Gasteiger partial charge in [-0.25, -0.2) is 0 Å². The van der Waals surface area contributed by atoms with Crippen molar-refractivity contribution in [3.63, 3.8) is 0 Å². The van der Waals surface area contributed by atoms with Crippen LogP contribution in [0.2, 0.25) is 0 Å². The van der Waals surface area contributed by atoms with Crippen molar-refractivity contribution in [2.75, 3.05) is 18.4 Å². The highest BCUT2D eigenvalue weighted by Gasteiger charge is 2.32. The molecule has 0 radical (unpaired) electrons. The number of hydrogen-bond donors (Lipinski definition) is 3. The van der Waals surface area contributed by atoms with E-state index in [1.54, 1.807) is 18.2 Å². The van der Waals surface area contributed by atoms with Gasteiger partial charge in [-0.15, -0.1) is 0 Å². The average molecular weight is 331 g/mol. The van der Waals surface area contributed by atoms with Crippen LogP contribution in [-0.2, 0) is 4.79 Å². The molecule has 126 valence electrons. The summed E-state index contributed by atoms with van der Waals surface area (Å²) in [5, 5.41) is 15.9. The van der Waals surface area contributed by atoms with E-state index in [1.165, 1.54) is 6.07 Å². The Kier molecular flexibility index (Phi) is 4.43. The lowest BCUT2D eigenvalue weighted by Gasteiger charge is -2.20. The monoisotopic (exact) mass is 331 g/mol. The van der Waals surface area contributed by atoms with Crippen LogP contribution in [0.1, 0.15) is 35.4 Å². The van der Waals surface area contributed by atoms with E-state index in [4.69, 9.17) is 10.3 Å². The maximum Gasteiger partial charge on any atom is 0.290 e. The summed E-state index contributed by atoms with van der Waals surface area (Å²) >= 11 is 0. The second-order valence-electron chi connectivity index (χ2n) is 5.51. The van der Waals surface area contributed by atoms with E-state index in [0.717, 1.165) is 12.8 Å². The van der Waals surface area contributed by atoms with Crippen molar-refractivity contribution in [1.82, 2.24) is 15.0 Å². The van der Waals surface area contributed by atoms with Crippen molar-refractivity contribution in [1.29, 1.82) is 0 Å². The van der Waals surface area contributed by atoms with Crippen LogP contribution in [0.5, 0.6) is 5.75 Å². The zero-order chi connectivity index (χ0) is 17.1. The Hall–Kier alpha value is -2.94. The number of nitrogens with zero attached hydrogens (tertiary/aromatic N) is 3. The minimum Gasteiger partial charge on any atom is -0.506 e. The minimum absolute atomic E-state index is 0.00632. The summed E-state index contributed by atoms with van der Waals surface area (Å²) in [5.41, 5.74) is 5.47. The Morgan fingerprint density at radius 3 is 2.92 bits per heavy atom. The molecular weight excluding hydrogens is 314 g/mol. The highest BCUT2D eigenvalue weighted by atomic mass is 16.5. The van der Waals surface area contributed by atoms with Crippen molar-refractivity contribution in [3.05, 3.63) is 36.0 Å². The number of phenols is 1. The Bertz CT molecular complexity index is 760. The molecule has 2 amide bonds. The molecule has 3 rings (SSSR count). The molecule has 0 spiro atoms. The number of aromatic nitrogens is 2. The first-order valence-electron chi connectivity index (χ1n) is 7.50. The summed E-state index contributed by atoms with van der Waals surface area (Å²) in [6.07, 6.45) is 1.60. The van der Waals surface area contributed by atoms with Gasteiger partial charge < -0.3 is 20.7 Å². The van der Waals surface area contributed by atoms with Gasteiger partial charge in [-0.05, 0) is 31.5 Å². The number of carbonyl (C=O) groups excluding carboxylic acids is 2. The SMILES string of the molecule is NC(=O)c1noc(C2CCCN2CC(=O)Nc2ccccc2O)n1. The van der Waals surface area contributed by atoms with Crippen LogP contribution in [0.15, 0.2) is 28.8 Å². The van der Waals surface area contributed by atoms with Crippen LogP contribution < -0.4 is 11.1 Å². The van der Waals surface area contributed by atoms with Gasteiger partial charge in [-0.2, -0.15) is 4.98 Å². The van der Waals surface area contributed by atoms with Crippen LogP contribution in [-0.4, -0.2) is 45.1 Å². The number of carbonyl (C=O) groups is 2. The van der Waals surface area contributed by atoms with Gasteiger partial charge in [0.15, 0.2) is 0 Å². The van der Waals surface area contributed by atoms with E-state index >= 15 is 0 Å². The number of para-hydroxylation sites is 2. The quantitative estimate of drug-likeness (QED) is 0.685. The third kappa shape index (κ3) is 3.35.